The smallest absolute Gasteiger partial charge is 0.254 e. The van der Waals surface area contributed by atoms with Crippen molar-refractivity contribution in [2.24, 2.45) is 0 Å². The molecule has 0 saturated heterocycles. The summed E-state index contributed by atoms with van der Waals surface area (Å²) in [5, 5.41) is 0. The molecule has 0 heterocycles. The number of nitrogens with zero attached hydrogens (tertiary/aromatic N) is 1. The first kappa shape index (κ1) is 16.1. The largest absolute Gasteiger partial charge is 0.497 e. The molecule has 0 aliphatic rings. The predicted molar refractivity (Wildman–Crippen MR) is 89.1 cm³/mol. The maximum Gasteiger partial charge on any atom is 0.254 e. The quantitative estimate of drug-likeness (QED) is 0.849. The number of carbonyl (C=O) groups excluding carboxylic acids is 1. The van der Waals surface area contributed by atoms with Crippen LogP contribution in [0.25, 0.3) is 0 Å². The molecule has 0 N–H and O–H groups in total. The van der Waals surface area contributed by atoms with Crippen molar-refractivity contribution in [2.45, 2.75) is 32.9 Å². The summed E-state index contributed by atoms with van der Waals surface area (Å²) in [6.45, 7) is 6.75. The topological polar surface area (TPSA) is 29.5 Å². The van der Waals surface area contributed by atoms with Gasteiger partial charge in [-0.1, -0.05) is 30.3 Å². The molecule has 3 heteroatoms. The molecule has 0 bridgehead atoms. The van der Waals surface area contributed by atoms with Gasteiger partial charge in [-0.15, -0.1) is 0 Å². The van der Waals surface area contributed by atoms with E-state index in [0.717, 1.165) is 11.3 Å². The highest BCUT2D eigenvalue weighted by Crippen LogP contribution is 2.22. The molecule has 1 amide bonds. The van der Waals surface area contributed by atoms with E-state index in [4.69, 9.17) is 4.74 Å². The van der Waals surface area contributed by atoms with Crippen LogP contribution in [-0.4, -0.2) is 23.5 Å². The molecule has 3 nitrogen and oxygen atoms in total. The summed E-state index contributed by atoms with van der Waals surface area (Å²) >= 11 is 0. The highest BCUT2D eigenvalue weighted by Gasteiger charge is 2.27. The Hall–Kier alpha value is -2.29. The Balaban J connectivity index is 2.26. The van der Waals surface area contributed by atoms with Crippen LogP contribution in [0, 0.1) is 0 Å². The average Bonchev–Trinajstić information content (AvgIpc) is 2.52. The highest BCUT2D eigenvalue weighted by atomic mass is 16.5. The first-order valence-corrected chi connectivity index (χ1v) is 7.42. The minimum atomic E-state index is -0.257. The number of rotatable bonds is 4. The van der Waals surface area contributed by atoms with Gasteiger partial charge in [-0.05, 0) is 50.6 Å². The van der Waals surface area contributed by atoms with Crippen molar-refractivity contribution >= 4 is 5.91 Å². The lowest BCUT2D eigenvalue weighted by atomic mass is 10.0. The van der Waals surface area contributed by atoms with Crippen molar-refractivity contribution in [3.05, 3.63) is 65.7 Å². The minimum absolute atomic E-state index is 0.0269. The van der Waals surface area contributed by atoms with E-state index in [1.54, 1.807) is 7.11 Å². The summed E-state index contributed by atoms with van der Waals surface area (Å²) in [6.07, 6.45) is 0. The average molecular weight is 297 g/mol. The fraction of sp³-hybridized carbons (Fsp3) is 0.316. The van der Waals surface area contributed by atoms with Crippen LogP contribution in [0.5, 0.6) is 5.75 Å². The standard InChI is InChI=1S/C19H23NO2/c1-19(2,3)20(14-15-8-6-5-7-9-15)18(21)16-10-12-17(22-4)13-11-16/h5-13H,14H2,1-4H3. The number of hydrogen-bond acceptors (Lipinski definition) is 2. The van der Waals surface area contributed by atoms with Crippen LogP contribution in [0.2, 0.25) is 0 Å². The third kappa shape index (κ3) is 3.88. The van der Waals surface area contributed by atoms with E-state index in [9.17, 15) is 4.79 Å². The van der Waals surface area contributed by atoms with E-state index in [0.29, 0.717) is 12.1 Å². The van der Waals surface area contributed by atoms with E-state index >= 15 is 0 Å². The lowest BCUT2D eigenvalue weighted by Crippen LogP contribution is -2.45. The SMILES string of the molecule is COc1ccc(C(=O)N(Cc2ccccc2)C(C)(C)C)cc1. The highest BCUT2D eigenvalue weighted by molar-refractivity contribution is 5.94. The molecule has 2 aromatic carbocycles. The Kier molecular flexibility index (Phi) is 4.86. The molecule has 0 unspecified atom stereocenters. The summed E-state index contributed by atoms with van der Waals surface area (Å²) in [6, 6.07) is 17.3. The molecule has 0 radical (unpaired) electrons. The summed E-state index contributed by atoms with van der Waals surface area (Å²) in [4.78, 5) is 14.8. The fourth-order valence-electron chi connectivity index (χ4n) is 2.27. The van der Waals surface area contributed by atoms with Gasteiger partial charge in [0.2, 0.25) is 0 Å². The predicted octanol–water partition coefficient (Wildman–Crippen LogP) is 4.14. The Morgan fingerprint density at radius 3 is 2.09 bits per heavy atom. The van der Waals surface area contributed by atoms with Crippen molar-refractivity contribution in [2.75, 3.05) is 7.11 Å². The van der Waals surface area contributed by atoms with Crippen LogP contribution in [0.1, 0.15) is 36.7 Å². The molecule has 0 aliphatic carbocycles. The second-order valence-corrected chi connectivity index (χ2v) is 6.28. The molecular weight excluding hydrogens is 274 g/mol. The Morgan fingerprint density at radius 2 is 1.59 bits per heavy atom. The molecule has 2 aromatic rings. The van der Waals surface area contributed by atoms with E-state index in [-0.39, 0.29) is 11.4 Å². The van der Waals surface area contributed by atoms with Crippen LogP contribution in [0.3, 0.4) is 0 Å². The van der Waals surface area contributed by atoms with Crippen LogP contribution in [-0.2, 0) is 6.54 Å². The zero-order valence-electron chi connectivity index (χ0n) is 13.7. The fourth-order valence-corrected chi connectivity index (χ4v) is 2.27. The summed E-state index contributed by atoms with van der Waals surface area (Å²) in [7, 11) is 1.62. The molecule has 0 saturated carbocycles. The number of carbonyl (C=O) groups is 1. The monoisotopic (exact) mass is 297 g/mol. The van der Waals surface area contributed by atoms with Gasteiger partial charge >= 0.3 is 0 Å². The van der Waals surface area contributed by atoms with E-state index < -0.39 is 0 Å². The van der Waals surface area contributed by atoms with Gasteiger partial charge in [-0.2, -0.15) is 0 Å². The van der Waals surface area contributed by atoms with Crippen molar-refractivity contribution in [3.8, 4) is 5.75 Å². The molecule has 0 atom stereocenters. The van der Waals surface area contributed by atoms with Crippen molar-refractivity contribution in [1.82, 2.24) is 4.90 Å². The number of hydrogen-bond donors (Lipinski definition) is 0. The second kappa shape index (κ2) is 6.65. The van der Waals surface area contributed by atoms with Crippen LogP contribution >= 0.6 is 0 Å². The third-order valence-electron chi connectivity index (χ3n) is 3.58. The first-order valence-electron chi connectivity index (χ1n) is 7.42. The van der Waals surface area contributed by atoms with Gasteiger partial charge in [0.15, 0.2) is 0 Å². The minimum Gasteiger partial charge on any atom is -0.497 e. The van der Waals surface area contributed by atoms with Gasteiger partial charge < -0.3 is 9.64 Å². The molecule has 0 fully saturated rings. The number of benzene rings is 2. The van der Waals surface area contributed by atoms with Gasteiger partial charge in [-0.3, -0.25) is 4.79 Å². The number of ether oxygens (including phenoxy) is 1. The van der Waals surface area contributed by atoms with Crippen LogP contribution < -0.4 is 4.74 Å². The van der Waals surface area contributed by atoms with Crippen molar-refractivity contribution in [3.63, 3.8) is 0 Å². The third-order valence-corrected chi connectivity index (χ3v) is 3.58. The number of amides is 1. The van der Waals surface area contributed by atoms with Gasteiger partial charge in [-0.25, -0.2) is 0 Å². The number of methoxy groups -OCH3 is 1. The van der Waals surface area contributed by atoms with E-state index in [1.165, 1.54) is 0 Å². The van der Waals surface area contributed by atoms with Gasteiger partial charge in [0.25, 0.3) is 5.91 Å². The van der Waals surface area contributed by atoms with E-state index in [2.05, 4.69) is 20.8 Å². The zero-order chi connectivity index (χ0) is 16.2. The van der Waals surface area contributed by atoms with Crippen molar-refractivity contribution in [1.29, 1.82) is 0 Å². The van der Waals surface area contributed by atoms with Crippen LogP contribution in [0.15, 0.2) is 54.6 Å². The Labute approximate surface area is 132 Å². The second-order valence-electron chi connectivity index (χ2n) is 6.28. The lowest BCUT2D eigenvalue weighted by Gasteiger charge is -2.36. The molecule has 0 spiro atoms. The first-order chi connectivity index (χ1) is 10.4. The summed E-state index contributed by atoms with van der Waals surface area (Å²) in [5.74, 6) is 0.779. The molecule has 2 rings (SSSR count). The Morgan fingerprint density at radius 1 is 1.00 bits per heavy atom. The van der Waals surface area contributed by atoms with E-state index in [1.807, 2.05) is 59.5 Å². The Bertz CT molecular complexity index is 612. The maximum atomic E-state index is 12.9. The molecule has 0 aromatic heterocycles. The van der Waals surface area contributed by atoms with Crippen LogP contribution in [0.4, 0.5) is 0 Å². The maximum absolute atomic E-state index is 12.9. The summed E-state index contributed by atoms with van der Waals surface area (Å²) < 4.78 is 5.15. The molecule has 22 heavy (non-hydrogen) atoms. The molecule has 116 valence electrons. The zero-order valence-corrected chi connectivity index (χ0v) is 13.7. The van der Waals surface area contributed by atoms with Gasteiger partial charge in [0, 0.05) is 17.6 Å². The lowest BCUT2D eigenvalue weighted by molar-refractivity contribution is 0.0559. The van der Waals surface area contributed by atoms with Gasteiger partial charge in [0.05, 0.1) is 7.11 Å². The molecular formula is C19H23NO2. The summed E-state index contributed by atoms with van der Waals surface area (Å²) in [5.41, 5.74) is 1.54. The van der Waals surface area contributed by atoms with Gasteiger partial charge in [0.1, 0.15) is 5.75 Å². The molecule has 0 aliphatic heterocycles. The normalized spacial score (nSPS) is 11.1. The van der Waals surface area contributed by atoms with Crippen molar-refractivity contribution < 1.29 is 9.53 Å².